The van der Waals surface area contributed by atoms with E-state index in [0.29, 0.717) is 0 Å². The molecule has 221 valence electrons. The van der Waals surface area contributed by atoms with Crippen molar-refractivity contribution >= 4 is 35.2 Å². The molecule has 1 saturated carbocycles. The quantitative estimate of drug-likeness (QED) is 0.130. The van der Waals surface area contributed by atoms with Crippen LogP contribution in [-0.4, -0.2) is 18.0 Å². The molecule has 1 fully saturated rings. The number of furan rings is 1. The maximum absolute atomic E-state index is 12.8. The van der Waals surface area contributed by atoms with Gasteiger partial charge < -0.3 is 14.4 Å². The first-order valence-electron chi connectivity index (χ1n) is 14.8. The molecule has 0 unspecified atom stereocenters. The van der Waals surface area contributed by atoms with Crippen LogP contribution in [0.3, 0.4) is 0 Å². The van der Waals surface area contributed by atoms with Gasteiger partial charge in [-0.3, -0.25) is 4.39 Å². The second kappa shape index (κ2) is 13.5. The second-order valence-corrected chi connectivity index (χ2v) is 17.3. The van der Waals surface area contributed by atoms with Gasteiger partial charge in [0.05, 0.1) is 13.7 Å². The molecule has 0 atom stereocenters. The van der Waals surface area contributed by atoms with Crippen LogP contribution in [0.5, 0.6) is 0 Å². The summed E-state index contributed by atoms with van der Waals surface area (Å²) in [6.07, 6.45) is 10.5. The zero-order chi connectivity index (χ0) is 29.1. The number of rotatable bonds is 5. The number of benzene rings is 3. The van der Waals surface area contributed by atoms with E-state index in [9.17, 15) is 4.39 Å². The molecule has 3 nitrogen and oxygen atoms in total. The molecule has 1 aliphatic carbocycles. The molecule has 1 aliphatic rings. The Hall–Kier alpha value is -3.44. The van der Waals surface area contributed by atoms with Crippen molar-refractivity contribution in [3.8, 4) is 22.5 Å². The predicted octanol–water partition coefficient (Wildman–Crippen LogP) is 9.41. The summed E-state index contributed by atoms with van der Waals surface area (Å²) < 4.78 is 18.9. The van der Waals surface area contributed by atoms with Crippen LogP contribution >= 0.6 is 0 Å². The van der Waals surface area contributed by atoms with E-state index in [-0.39, 0.29) is 25.9 Å². The fourth-order valence-electron chi connectivity index (χ4n) is 5.73. The van der Waals surface area contributed by atoms with Crippen molar-refractivity contribution in [1.82, 2.24) is 9.97 Å². The molecule has 6 aromatic rings. The van der Waals surface area contributed by atoms with E-state index in [4.69, 9.17) is 4.42 Å². The fraction of sp³-hybridized carbons (Fsp3) is 0.243. The minimum absolute atomic E-state index is 0. The van der Waals surface area contributed by atoms with Gasteiger partial charge in [-0.1, -0.05) is 98.2 Å². The van der Waals surface area contributed by atoms with Gasteiger partial charge in [0, 0.05) is 43.7 Å². The molecule has 3 heterocycles. The number of hydrogen-bond acceptors (Lipinski definition) is 3. The second-order valence-electron chi connectivity index (χ2n) is 12.2. The van der Waals surface area contributed by atoms with Gasteiger partial charge >= 0.3 is 0 Å². The van der Waals surface area contributed by atoms with Crippen molar-refractivity contribution < 1.29 is 28.9 Å². The van der Waals surface area contributed by atoms with Crippen molar-refractivity contribution in [1.29, 1.82) is 0 Å². The van der Waals surface area contributed by atoms with E-state index in [1.165, 1.54) is 48.6 Å². The largest absolute Gasteiger partial charge is 0.501 e. The van der Waals surface area contributed by atoms with Crippen LogP contribution in [-0.2, 0) is 26.5 Å². The molecule has 6 heteroatoms. The molecule has 0 aliphatic heterocycles. The number of halogens is 1. The standard InChI is InChI=1S/C23H20NO.C14H15FNSi.Ir/c1-2-7-16(6-1)14-17-12-13-24-21(15-17)20-10-5-9-19-18-8-3-4-11-22(18)25-23(19)20;1-17(2,3)13-8-9-14(16-10-13)11-4-6-12(15)7-5-11;/h3-5,8-9,11-13,15-16H,1-2,6-7,14H2;4,6-10H,1-3H3;/q2*-1;. The molecular weight excluding hydrogens is 728 g/mol. The normalized spacial score (nSPS) is 13.5. The Morgan fingerprint density at radius 3 is 2.42 bits per heavy atom. The van der Waals surface area contributed by atoms with Gasteiger partial charge in [-0.15, -0.1) is 48.0 Å². The van der Waals surface area contributed by atoms with Gasteiger partial charge in [-0.25, -0.2) is 0 Å². The molecule has 7 rings (SSSR count). The van der Waals surface area contributed by atoms with Crippen LogP contribution in [0.1, 0.15) is 31.2 Å². The smallest absolute Gasteiger partial charge is 0.120 e. The van der Waals surface area contributed by atoms with Gasteiger partial charge in [-0.2, -0.15) is 0 Å². The molecule has 0 amide bonds. The average Bonchev–Trinajstić information content (AvgIpc) is 3.65. The number of aromatic nitrogens is 2. The molecule has 43 heavy (non-hydrogen) atoms. The van der Waals surface area contributed by atoms with Gasteiger partial charge in [0.2, 0.25) is 0 Å². The summed E-state index contributed by atoms with van der Waals surface area (Å²) in [7, 11) is -1.30. The number of fused-ring (bicyclic) bond motifs is 3. The topological polar surface area (TPSA) is 38.9 Å². The SMILES string of the molecule is C[Si](C)(C)c1ccc(-c2[c-]cc(F)cc2)nc1.[Ir].[c-]1ccc2c(oc3ccccc32)c1-c1cc(CC2CCCC2)ccn1. The number of hydrogen-bond donors (Lipinski definition) is 0. The van der Waals surface area contributed by atoms with Crippen LogP contribution in [0.2, 0.25) is 19.6 Å². The first-order chi connectivity index (χ1) is 20.3. The van der Waals surface area contributed by atoms with Crippen LogP contribution < -0.4 is 5.19 Å². The zero-order valence-electron chi connectivity index (χ0n) is 24.8. The molecule has 0 bridgehead atoms. The number of para-hydroxylation sites is 1. The Labute approximate surface area is 268 Å². The Morgan fingerprint density at radius 2 is 1.70 bits per heavy atom. The monoisotopic (exact) mass is 763 g/mol. The summed E-state index contributed by atoms with van der Waals surface area (Å²) in [5.74, 6) is 0.564. The Kier molecular flexibility index (Phi) is 9.70. The van der Waals surface area contributed by atoms with Gasteiger partial charge in [0.1, 0.15) is 5.58 Å². The number of pyridine rings is 2. The van der Waals surface area contributed by atoms with E-state index >= 15 is 0 Å². The van der Waals surface area contributed by atoms with Gasteiger partial charge in [-0.05, 0) is 41.0 Å². The summed E-state index contributed by atoms with van der Waals surface area (Å²) in [6, 6.07) is 31.4. The molecule has 3 aromatic carbocycles. The maximum Gasteiger partial charge on any atom is 0.120 e. The summed E-state index contributed by atoms with van der Waals surface area (Å²) in [6.45, 7) is 6.86. The Bertz CT molecular complexity index is 1800. The van der Waals surface area contributed by atoms with Crippen molar-refractivity contribution in [2.45, 2.75) is 51.7 Å². The van der Waals surface area contributed by atoms with E-state index in [1.54, 1.807) is 6.07 Å². The Balaban J connectivity index is 0.000000180. The average molecular weight is 763 g/mol. The van der Waals surface area contributed by atoms with Crippen molar-refractivity contribution in [2.75, 3.05) is 0 Å². The molecule has 1 radical (unpaired) electrons. The Morgan fingerprint density at radius 1 is 0.884 bits per heavy atom. The predicted molar refractivity (Wildman–Crippen MR) is 173 cm³/mol. The van der Waals surface area contributed by atoms with Crippen molar-refractivity contribution in [2.24, 2.45) is 5.92 Å². The first kappa shape index (κ1) is 31.0. The minimum atomic E-state index is -1.30. The summed E-state index contributed by atoms with van der Waals surface area (Å²) in [5.41, 5.74) is 6.76. The van der Waals surface area contributed by atoms with E-state index < -0.39 is 8.07 Å². The fourth-order valence-corrected chi connectivity index (χ4v) is 6.76. The first-order valence-corrected chi connectivity index (χ1v) is 18.3. The third-order valence-electron chi connectivity index (χ3n) is 8.10. The van der Waals surface area contributed by atoms with E-state index in [1.807, 2.05) is 42.7 Å². The van der Waals surface area contributed by atoms with Gasteiger partial charge in [0.15, 0.2) is 0 Å². The molecule has 0 spiro atoms. The number of nitrogens with zero attached hydrogens (tertiary/aromatic N) is 2. The van der Waals surface area contributed by atoms with Crippen LogP contribution in [0.15, 0.2) is 95.7 Å². The zero-order valence-corrected chi connectivity index (χ0v) is 28.2. The minimum Gasteiger partial charge on any atom is -0.501 e. The van der Waals surface area contributed by atoms with E-state index in [0.717, 1.165) is 56.8 Å². The van der Waals surface area contributed by atoms with Crippen molar-refractivity contribution in [3.63, 3.8) is 0 Å². The van der Waals surface area contributed by atoms with Crippen LogP contribution in [0.25, 0.3) is 44.5 Å². The summed E-state index contributed by atoms with van der Waals surface area (Å²) in [4.78, 5) is 9.04. The summed E-state index contributed by atoms with van der Waals surface area (Å²) in [5, 5.41) is 3.60. The van der Waals surface area contributed by atoms with Crippen molar-refractivity contribution in [3.05, 3.63) is 115 Å². The third kappa shape index (κ3) is 7.21. The van der Waals surface area contributed by atoms with Crippen LogP contribution in [0.4, 0.5) is 4.39 Å². The molecule has 3 aromatic heterocycles. The van der Waals surface area contributed by atoms with E-state index in [2.05, 4.69) is 72.1 Å². The maximum atomic E-state index is 12.8. The molecule has 0 saturated heterocycles. The van der Waals surface area contributed by atoms with Crippen LogP contribution in [0, 0.1) is 23.9 Å². The molecular formula is C37H35FIrN2OSi-2. The summed E-state index contributed by atoms with van der Waals surface area (Å²) >= 11 is 0. The third-order valence-corrected chi connectivity index (χ3v) is 10.1. The van der Waals surface area contributed by atoms with Gasteiger partial charge in [0.25, 0.3) is 0 Å². The molecule has 0 N–H and O–H groups in total.